The Labute approximate surface area is 186 Å². The molecule has 0 atom stereocenters. The highest BCUT2D eigenvalue weighted by Gasteiger charge is 2.13. The molecule has 0 bridgehead atoms. The molecule has 8 nitrogen and oxygen atoms in total. The van der Waals surface area contributed by atoms with E-state index in [0.29, 0.717) is 12.2 Å². The topological polar surface area (TPSA) is 87.8 Å². The molecule has 164 valence electrons. The van der Waals surface area contributed by atoms with Gasteiger partial charge in [0.05, 0.1) is 18.9 Å². The summed E-state index contributed by atoms with van der Waals surface area (Å²) in [7, 11) is 0. The molecule has 0 spiro atoms. The summed E-state index contributed by atoms with van der Waals surface area (Å²) >= 11 is 0. The molecular formula is C24H26N6O2. The fourth-order valence-corrected chi connectivity index (χ4v) is 3.92. The van der Waals surface area contributed by atoms with Crippen LogP contribution >= 0.6 is 0 Å². The summed E-state index contributed by atoms with van der Waals surface area (Å²) in [6.07, 6.45) is 10.8. The van der Waals surface area contributed by atoms with Crippen LogP contribution in [0.1, 0.15) is 12.0 Å². The van der Waals surface area contributed by atoms with Gasteiger partial charge in [-0.3, -0.25) is 4.98 Å². The number of nitrogens with one attached hydrogen (secondary N) is 1. The van der Waals surface area contributed by atoms with Gasteiger partial charge in [0.15, 0.2) is 11.5 Å². The van der Waals surface area contributed by atoms with Gasteiger partial charge in [0.1, 0.15) is 0 Å². The van der Waals surface area contributed by atoms with E-state index in [9.17, 15) is 0 Å². The molecule has 0 radical (unpaired) electrons. The van der Waals surface area contributed by atoms with Crippen molar-refractivity contribution in [2.45, 2.75) is 12.8 Å². The van der Waals surface area contributed by atoms with E-state index in [1.54, 1.807) is 6.20 Å². The van der Waals surface area contributed by atoms with E-state index in [-0.39, 0.29) is 6.61 Å². The molecule has 3 aromatic heterocycles. The van der Waals surface area contributed by atoms with E-state index in [4.69, 9.17) is 14.8 Å². The molecule has 0 unspecified atom stereocenters. The molecule has 0 aliphatic carbocycles. The first-order chi connectivity index (χ1) is 15.8. The number of morpholine rings is 1. The lowest BCUT2D eigenvalue weighted by molar-refractivity contribution is 0.122. The zero-order valence-electron chi connectivity index (χ0n) is 17.8. The monoisotopic (exact) mass is 430 g/mol. The highest BCUT2D eigenvalue weighted by molar-refractivity contribution is 5.74. The van der Waals surface area contributed by atoms with Gasteiger partial charge in [-0.1, -0.05) is 0 Å². The largest absolute Gasteiger partial charge is 0.396 e. The molecule has 2 N–H and O–H groups in total. The number of hydrogen-bond acceptors (Lipinski definition) is 7. The number of nitrogens with zero attached hydrogens (tertiary/aromatic N) is 5. The average molecular weight is 431 g/mol. The van der Waals surface area contributed by atoms with Crippen molar-refractivity contribution in [2.24, 2.45) is 0 Å². The lowest BCUT2D eigenvalue weighted by Gasteiger charge is -2.28. The van der Waals surface area contributed by atoms with E-state index >= 15 is 0 Å². The Morgan fingerprint density at radius 2 is 1.94 bits per heavy atom. The Kier molecular flexibility index (Phi) is 5.96. The van der Waals surface area contributed by atoms with Crippen LogP contribution in [0.2, 0.25) is 0 Å². The third-order valence-electron chi connectivity index (χ3n) is 5.59. The van der Waals surface area contributed by atoms with Crippen LogP contribution in [0.4, 0.5) is 17.2 Å². The standard InChI is InChI=1S/C24H26N6O2/c31-11-1-2-18-14-19(16-25-15-18)22-17-30-8-7-26-24(30)23(28-22)27-20-3-5-21(6-4-20)29-9-12-32-13-10-29/h3-8,14-17,31H,1-2,9-13H2,(H,27,28). The summed E-state index contributed by atoms with van der Waals surface area (Å²) in [6.45, 7) is 3.53. The highest BCUT2D eigenvalue weighted by atomic mass is 16.5. The second kappa shape index (κ2) is 9.33. The first-order valence-electron chi connectivity index (χ1n) is 10.9. The summed E-state index contributed by atoms with van der Waals surface area (Å²) in [4.78, 5) is 16.0. The molecular weight excluding hydrogens is 404 g/mol. The first-order valence-corrected chi connectivity index (χ1v) is 10.9. The van der Waals surface area contributed by atoms with Crippen LogP contribution in [-0.4, -0.2) is 57.4 Å². The zero-order chi connectivity index (χ0) is 21.8. The van der Waals surface area contributed by atoms with E-state index in [2.05, 4.69) is 50.5 Å². The summed E-state index contributed by atoms with van der Waals surface area (Å²) in [5.41, 5.74) is 5.72. The van der Waals surface area contributed by atoms with Gasteiger partial charge < -0.3 is 24.5 Å². The maximum absolute atomic E-state index is 9.12. The lowest BCUT2D eigenvalue weighted by Crippen LogP contribution is -2.36. The van der Waals surface area contributed by atoms with Crippen molar-refractivity contribution >= 4 is 22.8 Å². The molecule has 0 saturated carbocycles. The molecule has 4 aromatic rings. The lowest BCUT2D eigenvalue weighted by atomic mass is 10.1. The predicted molar refractivity (Wildman–Crippen MR) is 124 cm³/mol. The number of benzene rings is 1. The van der Waals surface area contributed by atoms with Crippen molar-refractivity contribution in [2.75, 3.05) is 43.1 Å². The number of pyridine rings is 1. The minimum atomic E-state index is 0.169. The Hall–Kier alpha value is -3.49. The summed E-state index contributed by atoms with van der Waals surface area (Å²) in [6, 6.07) is 10.4. The Bertz CT molecular complexity index is 1180. The maximum Gasteiger partial charge on any atom is 0.180 e. The van der Waals surface area contributed by atoms with Gasteiger partial charge in [-0.25, -0.2) is 9.97 Å². The number of ether oxygens (including phenoxy) is 1. The normalized spacial score (nSPS) is 14.1. The number of aromatic nitrogens is 4. The first kappa shape index (κ1) is 20.4. The van der Waals surface area contributed by atoms with Gasteiger partial charge >= 0.3 is 0 Å². The van der Waals surface area contributed by atoms with Crippen molar-refractivity contribution in [3.63, 3.8) is 0 Å². The third kappa shape index (κ3) is 4.42. The maximum atomic E-state index is 9.12. The average Bonchev–Trinajstić information content (AvgIpc) is 3.33. The molecule has 0 amide bonds. The quantitative estimate of drug-likeness (QED) is 0.465. The fourth-order valence-electron chi connectivity index (χ4n) is 3.92. The van der Waals surface area contributed by atoms with Gasteiger partial charge in [-0.2, -0.15) is 0 Å². The van der Waals surface area contributed by atoms with Crippen LogP contribution < -0.4 is 10.2 Å². The second-order valence-electron chi connectivity index (χ2n) is 7.81. The molecule has 1 aliphatic heterocycles. The number of rotatable bonds is 7. The Morgan fingerprint density at radius 3 is 2.75 bits per heavy atom. The number of aliphatic hydroxyl groups is 1. The minimum absolute atomic E-state index is 0.169. The van der Waals surface area contributed by atoms with Crippen molar-refractivity contribution in [3.8, 4) is 11.3 Å². The van der Waals surface area contributed by atoms with E-state index in [1.165, 1.54) is 5.69 Å². The van der Waals surface area contributed by atoms with Crippen LogP contribution in [0.5, 0.6) is 0 Å². The van der Waals surface area contributed by atoms with Crippen LogP contribution in [-0.2, 0) is 11.2 Å². The van der Waals surface area contributed by atoms with E-state index < -0.39 is 0 Å². The number of fused-ring (bicyclic) bond motifs is 1. The Balaban J connectivity index is 1.42. The molecule has 1 saturated heterocycles. The second-order valence-corrected chi connectivity index (χ2v) is 7.81. The SMILES string of the molecule is OCCCc1cncc(-c2cn3ccnc3c(Nc3ccc(N4CCOCC4)cc3)n2)c1. The molecule has 32 heavy (non-hydrogen) atoms. The number of imidazole rings is 1. The van der Waals surface area contributed by atoms with Crippen molar-refractivity contribution < 1.29 is 9.84 Å². The van der Waals surface area contributed by atoms with Gasteiger partial charge in [0, 0.05) is 67.6 Å². The van der Waals surface area contributed by atoms with Gasteiger partial charge in [-0.15, -0.1) is 0 Å². The van der Waals surface area contributed by atoms with E-state index in [0.717, 1.165) is 60.9 Å². The van der Waals surface area contributed by atoms with Gasteiger partial charge in [0.25, 0.3) is 0 Å². The van der Waals surface area contributed by atoms with E-state index in [1.807, 2.05) is 29.2 Å². The smallest absolute Gasteiger partial charge is 0.180 e. The number of aryl methyl sites for hydroxylation is 1. The van der Waals surface area contributed by atoms with Crippen LogP contribution in [0.25, 0.3) is 16.9 Å². The Morgan fingerprint density at radius 1 is 1.09 bits per heavy atom. The summed E-state index contributed by atoms with van der Waals surface area (Å²) in [5.74, 6) is 0.687. The fraction of sp³-hybridized carbons (Fsp3) is 0.292. The number of hydrogen-bond donors (Lipinski definition) is 2. The van der Waals surface area contributed by atoms with Crippen molar-refractivity contribution in [3.05, 3.63) is 66.9 Å². The molecule has 1 aliphatic rings. The molecule has 5 rings (SSSR count). The summed E-state index contributed by atoms with van der Waals surface area (Å²) in [5, 5.41) is 12.5. The molecule has 4 heterocycles. The predicted octanol–water partition coefficient (Wildman–Crippen LogP) is 3.30. The highest BCUT2D eigenvalue weighted by Crippen LogP contribution is 2.26. The van der Waals surface area contributed by atoms with Gasteiger partial charge in [0.2, 0.25) is 0 Å². The van der Waals surface area contributed by atoms with Crippen LogP contribution in [0.15, 0.2) is 61.3 Å². The third-order valence-corrected chi connectivity index (χ3v) is 5.59. The summed E-state index contributed by atoms with van der Waals surface area (Å²) < 4.78 is 7.41. The zero-order valence-corrected chi connectivity index (χ0v) is 17.8. The molecule has 8 heteroatoms. The van der Waals surface area contributed by atoms with Crippen molar-refractivity contribution in [1.82, 2.24) is 19.4 Å². The van der Waals surface area contributed by atoms with Crippen LogP contribution in [0, 0.1) is 0 Å². The number of aliphatic hydroxyl groups excluding tert-OH is 1. The number of anilines is 3. The minimum Gasteiger partial charge on any atom is -0.396 e. The molecule has 1 aromatic carbocycles. The van der Waals surface area contributed by atoms with Gasteiger partial charge in [-0.05, 0) is 48.7 Å². The molecule has 1 fully saturated rings. The van der Waals surface area contributed by atoms with Crippen LogP contribution in [0.3, 0.4) is 0 Å². The van der Waals surface area contributed by atoms with Crippen molar-refractivity contribution in [1.29, 1.82) is 0 Å².